The molecule has 0 saturated heterocycles. The molecule has 0 saturated carbocycles. The smallest absolute Gasteiger partial charge is 0.339 e. The van der Waals surface area contributed by atoms with Crippen molar-refractivity contribution in [2.75, 3.05) is 12.4 Å². The van der Waals surface area contributed by atoms with Crippen LogP contribution in [0.5, 0.6) is 0 Å². The zero-order valence-electron chi connectivity index (χ0n) is 15.5. The molecule has 3 nitrogen and oxygen atoms in total. The maximum absolute atomic E-state index is 12.2. The van der Waals surface area contributed by atoms with Crippen molar-refractivity contribution < 1.29 is 9.53 Å². The van der Waals surface area contributed by atoms with Crippen molar-refractivity contribution in [3.8, 4) is 11.1 Å². The van der Waals surface area contributed by atoms with Crippen LogP contribution in [0.4, 0.5) is 5.69 Å². The number of nitrogens with one attached hydrogen (secondary N) is 1. The van der Waals surface area contributed by atoms with Gasteiger partial charge >= 0.3 is 5.97 Å². The van der Waals surface area contributed by atoms with E-state index in [0.29, 0.717) is 5.57 Å². The third-order valence-electron chi connectivity index (χ3n) is 3.90. The van der Waals surface area contributed by atoms with E-state index in [2.05, 4.69) is 29.6 Å². The van der Waals surface area contributed by atoms with Gasteiger partial charge in [0, 0.05) is 5.69 Å². The van der Waals surface area contributed by atoms with E-state index in [9.17, 15) is 4.79 Å². The Labute approximate surface area is 150 Å². The summed E-state index contributed by atoms with van der Waals surface area (Å²) in [5.74, 6) is -0.329. The molecule has 0 aliphatic rings. The molecule has 0 aromatic heterocycles. The largest absolute Gasteiger partial charge is 0.465 e. The van der Waals surface area contributed by atoms with Crippen LogP contribution in [0.25, 0.3) is 11.1 Å². The van der Waals surface area contributed by atoms with Crippen molar-refractivity contribution in [1.82, 2.24) is 0 Å². The van der Waals surface area contributed by atoms with Crippen molar-refractivity contribution in [3.63, 3.8) is 0 Å². The van der Waals surface area contributed by atoms with Crippen molar-refractivity contribution >= 4 is 11.7 Å². The number of carbonyl (C=O) groups is 1. The van der Waals surface area contributed by atoms with Gasteiger partial charge in [0.1, 0.15) is 0 Å². The predicted octanol–water partition coefficient (Wildman–Crippen LogP) is 5.57. The predicted molar refractivity (Wildman–Crippen MR) is 104 cm³/mol. The van der Waals surface area contributed by atoms with Crippen LogP contribution in [0.2, 0.25) is 0 Å². The molecule has 0 atom stereocenters. The molecule has 1 N–H and O–H groups in total. The first-order valence-corrected chi connectivity index (χ1v) is 8.30. The Morgan fingerprint density at radius 1 is 0.800 bits per heavy atom. The highest BCUT2D eigenvalue weighted by Crippen LogP contribution is 2.25. The van der Waals surface area contributed by atoms with Crippen LogP contribution in [0.15, 0.2) is 77.0 Å². The first kappa shape index (κ1) is 18.5. The second-order valence-electron chi connectivity index (χ2n) is 6.31. The fourth-order valence-corrected chi connectivity index (χ4v) is 2.62. The van der Waals surface area contributed by atoms with Gasteiger partial charge in [-0.05, 0) is 51.0 Å². The summed E-state index contributed by atoms with van der Waals surface area (Å²) in [7, 11) is 1.41. The third-order valence-corrected chi connectivity index (χ3v) is 3.90. The maximum atomic E-state index is 12.2. The van der Waals surface area contributed by atoms with E-state index >= 15 is 0 Å². The van der Waals surface area contributed by atoms with Crippen LogP contribution in [0.1, 0.15) is 27.7 Å². The Morgan fingerprint density at radius 2 is 1.36 bits per heavy atom. The lowest BCUT2D eigenvalue weighted by molar-refractivity contribution is -0.135. The molecule has 0 fully saturated rings. The minimum absolute atomic E-state index is 0.329. The Hall–Kier alpha value is -2.81. The summed E-state index contributed by atoms with van der Waals surface area (Å²) >= 11 is 0. The van der Waals surface area contributed by atoms with E-state index in [4.69, 9.17) is 4.74 Å². The summed E-state index contributed by atoms with van der Waals surface area (Å²) in [5.41, 5.74) is 6.56. The lowest BCUT2D eigenvalue weighted by Gasteiger charge is -2.17. The molecule has 0 bridgehead atoms. The summed E-state index contributed by atoms with van der Waals surface area (Å²) in [6.45, 7) is 7.78. The van der Waals surface area contributed by atoms with E-state index in [0.717, 1.165) is 28.1 Å². The number of hydrogen-bond donors (Lipinski definition) is 1. The number of anilines is 1. The second kappa shape index (κ2) is 8.34. The molecule has 25 heavy (non-hydrogen) atoms. The summed E-state index contributed by atoms with van der Waals surface area (Å²) in [6, 6.07) is 18.4. The number of hydrogen-bond acceptors (Lipinski definition) is 3. The molecule has 0 radical (unpaired) electrons. The van der Waals surface area contributed by atoms with Gasteiger partial charge in [0.25, 0.3) is 0 Å². The van der Waals surface area contributed by atoms with Crippen LogP contribution >= 0.6 is 0 Å². The Kier molecular flexibility index (Phi) is 6.18. The van der Waals surface area contributed by atoms with Crippen molar-refractivity contribution in [2.45, 2.75) is 27.7 Å². The number of benzene rings is 2. The average Bonchev–Trinajstić information content (AvgIpc) is 2.61. The molecule has 0 heterocycles. The molecule has 0 spiro atoms. The summed E-state index contributed by atoms with van der Waals surface area (Å²) in [5, 5.41) is 3.37. The molecule has 3 heteroatoms. The Bertz CT molecular complexity index is 792. The molecule has 0 aliphatic carbocycles. The zero-order chi connectivity index (χ0) is 18.4. The number of methoxy groups -OCH3 is 1. The van der Waals surface area contributed by atoms with Gasteiger partial charge in [0.05, 0.1) is 18.4 Å². The monoisotopic (exact) mass is 335 g/mol. The highest BCUT2D eigenvalue weighted by molar-refractivity contribution is 5.95. The molecule has 130 valence electrons. The average molecular weight is 335 g/mol. The fraction of sp³-hybridized carbons (Fsp3) is 0.227. The standard InChI is InChI=1S/C22H25NO2/c1-15(2)20(22(24)25-5)21(16(3)4)23-19-13-11-18(12-14-19)17-9-7-6-8-10-17/h6-14,23H,1-5H3. The Morgan fingerprint density at radius 3 is 1.84 bits per heavy atom. The van der Waals surface area contributed by atoms with Gasteiger partial charge in [-0.25, -0.2) is 4.79 Å². The molecule has 2 aromatic rings. The van der Waals surface area contributed by atoms with E-state index < -0.39 is 0 Å². The first-order chi connectivity index (χ1) is 11.9. The molecule has 0 unspecified atom stereocenters. The number of ether oxygens (including phenoxy) is 1. The minimum Gasteiger partial charge on any atom is -0.465 e. The van der Waals surface area contributed by atoms with Crippen LogP contribution < -0.4 is 5.32 Å². The number of rotatable bonds is 5. The lowest BCUT2D eigenvalue weighted by atomic mass is 10.0. The number of esters is 1. The third kappa shape index (κ3) is 4.60. The molecule has 0 amide bonds. The van der Waals surface area contributed by atoms with Gasteiger partial charge in [-0.2, -0.15) is 0 Å². The summed E-state index contributed by atoms with van der Waals surface area (Å²) < 4.78 is 4.95. The van der Waals surface area contributed by atoms with Crippen molar-refractivity contribution in [3.05, 3.63) is 77.0 Å². The van der Waals surface area contributed by atoms with Gasteiger partial charge in [-0.15, -0.1) is 0 Å². The summed E-state index contributed by atoms with van der Waals surface area (Å²) in [4.78, 5) is 12.2. The van der Waals surface area contributed by atoms with Crippen LogP contribution in [0, 0.1) is 0 Å². The van der Waals surface area contributed by atoms with Gasteiger partial charge in [-0.3, -0.25) is 0 Å². The van der Waals surface area contributed by atoms with Gasteiger partial charge in [0.2, 0.25) is 0 Å². The van der Waals surface area contributed by atoms with Gasteiger partial charge < -0.3 is 10.1 Å². The highest BCUT2D eigenvalue weighted by atomic mass is 16.5. The molecular formula is C22H25NO2. The quantitative estimate of drug-likeness (QED) is 0.441. The number of allylic oxidation sites excluding steroid dienone is 2. The van der Waals surface area contributed by atoms with Gasteiger partial charge in [0.15, 0.2) is 0 Å². The van der Waals surface area contributed by atoms with Gasteiger partial charge in [-0.1, -0.05) is 53.6 Å². The normalized spacial score (nSPS) is 9.96. The zero-order valence-corrected chi connectivity index (χ0v) is 15.5. The molecule has 0 aliphatic heterocycles. The van der Waals surface area contributed by atoms with E-state index in [1.807, 2.05) is 58.0 Å². The molecular weight excluding hydrogens is 310 g/mol. The van der Waals surface area contributed by atoms with E-state index in [1.165, 1.54) is 12.7 Å². The topological polar surface area (TPSA) is 38.3 Å². The SMILES string of the molecule is COC(=O)C(=C(C)C)C(Nc1ccc(-c2ccccc2)cc1)=C(C)C. The molecule has 2 rings (SSSR count). The molecule has 2 aromatic carbocycles. The number of carbonyl (C=O) groups excluding carboxylic acids is 1. The van der Waals surface area contributed by atoms with Crippen LogP contribution in [-0.2, 0) is 9.53 Å². The Balaban J connectivity index is 2.31. The maximum Gasteiger partial charge on any atom is 0.339 e. The van der Waals surface area contributed by atoms with E-state index in [-0.39, 0.29) is 5.97 Å². The first-order valence-electron chi connectivity index (χ1n) is 8.30. The highest BCUT2D eigenvalue weighted by Gasteiger charge is 2.18. The van der Waals surface area contributed by atoms with Crippen molar-refractivity contribution in [1.29, 1.82) is 0 Å². The lowest BCUT2D eigenvalue weighted by Crippen LogP contribution is -2.15. The van der Waals surface area contributed by atoms with Crippen LogP contribution in [-0.4, -0.2) is 13.1 Å². The fourth-order valence-electron chi connectivity index (χ4n) is 2.62. The van der Waals surface area contributed by atoms with Crippen molar-refractivity contribution in [2.24, 2.45) is 0 Å². The minimum atomic E-state index is -0.329. The van der Waals surface area contributed by atoms with E-state index in [1.54, 1.807) is 0 Å². The summed E-state index contributed by atoms with van der Waals surface area (Å²) in [6.07, 6.45) is 0. The second-order valence-corrected chi connectivity index (χ2v) is 6.31. The van der Waals surface area contributed by atoms with Crippen LogP contribution in [0.3, 0.4) is 0 Å².